The molecule has 0 unspecified atom stereocenters. The molecule has 7 rings (SSSR count). The smallest absolute Gasteiger partial charge is 0.334 e. The van der Waals surface area contributed by atoms with Gasteiger partial charge in [0.05, 0.1) is 18.3 Å². The Morgan fingerprint density at radius 1 is 0.657 bits per heavy atom. The standard InChI is InChI=1S/C34H52O6.C29H60O4Si3.C23H35BrO2.C2H6.FH/c1-20(2)17-26-23(5)33(38)40-30(26)18-21(3)27-12-13-28-24(9-7-14-34(27,28)6)10-11-25-19-29(36)32(31(37)22(25)4)39-16-8-15-35;1-18-21-25(33-36(16,17)29(9,10)11)26(24(19-2)32-35(14,15)28(6,7)8)30-22-20-23-31-34(12,13)27(3,4)5;1-14(2)11-18-16(4)22(25)26-21(18)12-15(3)19-8-9-20-17(13-24)7-6-10-23(19,20)5;1-2;/h10-11,20-21,26-32,35-37H,4-5,7-9,12-19H2,1-3,6H3;1,19,24-26H,2,20-23H2,3-17H3;13-15,18-21H,4,6-12H2,1-3,5H3;1-2H3;1H/b24-10+,25-11-;;17-13+;;/t21-,26+,27-,28+,29-,30+,31-,32+,34-;24-,25-,26-;15-,18+,19-,20+,21+,23-;;/m111../s1. The highest BCUT2D eigenvalue weighted by Gasteiger charge is 2.55. The Labute approximate surface area is 652 Å². The van der Waals surface area contributed by atoms with Gasteiger partial charge in [-0.15, -0.1) is 18.9 Å². The van der Waals surface area contributed by atoms with E-state index < -0.39 is 43.3 Å². The zero-order valence-electron chi connectivity index (χ0n) is 71.0. The molecule has 17 heteroatoms. The van der Waals surface area contributed by atoms with Crippen LogP contribution in [0.4, 0.5) is 4.70 Å². The van der Waals surface area contributed by atoms with E-state index in [1.165, 1.54) is 56.9 Å². The zero-order valence-corrected chi connectivity index (χ0v) is 75.6. The number of hydrogen-bond donors (Lipinski definition) is 3. The minimum absolute atomic E-state index is 0. The van der Waals surface area contributed by atoms with Crippen LogP contribution in [0.5, 0.6) is 0 Å². The van der Waals surface area contributed by atoms with Gasteiger partial charge in [-0.3, -0.25) is 4.70 Å². The number of esters is 2. The highest BCUT2D eigenvalue weighted by Crippen LogP contribution is 2.62. The molecule has 7 fully saturated rings. The van der Waals surface area contributed by atoms with Gasteiger partial charge in [0.15, 0.2) is 25.0 Å². The van der Waals surface area contributed by atoms with E-state index in [0.29, 0.717) is 96.7 Å². The number of halogens is 2. The van der Waals surface area contributed by atoms with Gasteiger partial charge in [-0.25, -0.2) is 9.59 Å². The molecule has 0 aromatic heterocycles. The van der Waals surface area contributed by atoms with E-state index in [1.54, 1.807) is 5.57 Å². The summed E-state index contributed by atoms with van der Waals surface area (Å²) in [5.41, 5.74) is 6.54. The summed E-state index contributed by atoms with van der Waals surface area (Å²) in [6.45, 7) is 74.4. The molecule has 5 saturated carbocycles. The highest BCUT2D eigenvalue weighted by atomic mass is 79.9. The Kier molecular flexibility index (Phi) is 38.0. The van der Waals surface area contributed by atoms with Crippen LogP contribution < -0.4 is 0 Å². The van der Waals surface area contributed by atoms with E-state index in [9.17, 15) is 19.8 Å². The van der Waals surface area contributed by atoms with E-state index in [0.717, 1.165) is 62.4 Å². The van der Waals surface area contributed by atoms with Gasteiger partial charge in [0, 0.05) is 62.3 Å². The monoisotopic (exact) mass is 1580 g/mol. The predicted octanol–water partition coefficient (Wildman–Crippen LogP) is 22.3. The van der Waals surface area contributed by atoms with Crippen LogP contribution in [0, 0.1) is 82.4 Å². The van der Waals surface area contributed by atoms with Crippen LogP contribution in [-0.4, -0.2) is 127 Å². The topological polar surface area (TPSA) is 159 Å². The number of carbonyl (C=O) groups excluding carboxylic acids is 2. The molecule has 2 heterocycles. The van der Waals surface area contributed by atoms with Crippen LogP contribution >= 0.6 is 15.9 Å². The van der Waals surface area contributed by atoms with Crippen molar-refractivity contribution < 1.29 is 61.8 Å². The van der Waals surface area contributed by atoms with Crippen molar-refractivity contribution in [3.8, 4) is 12.3 Å². The lowest BCUT2D eigenvalue weighted by atomic mass is 9.60. The van der Waals surface area contributed by atoms with Gasteiger partial charge >= 0.3 is 11.9 Å². The molecule has 7 aliphatic rings. The van der Waals surface area contributed by atoms with E-state index >= 15 is 0 Å². The second kappa shape index (κ2) is 41.3. The Hall–Kier alpha value is -2.58. The predicted molar refractivity (Wildman–Crippen MR) is 447 cm³/mol. The minimum atomic E-state index is -2.10. The third kappa shape index (κ3) is 25.0. The molecule has 0 aromatic carbocycles. The van der Waals surface area contributed by atoms with Crippen LogP contribution in [0.2, 0.25) is 54.4 Å². The summed E-state index contributed by atoms with van der Waals surface area (Å²) in [7, 11) is -5.97. The Morgan fingerprint density at radius 2 is 1.11 bits per heavy atom. The lowest BCUT2D eigenvalue weighted by molar-refractivity contribution is -0.141. The summed E-state index contributed by atoms with van der Waals surface area (Å²) in [4.78, 5) is 26.7. The van der Waals surface area contributed by atoms with Gasteiger partial charge < -0.3 is 47.5 Å². The van der Waals surface area contributed by atoms with Crippen molar-refractivity contribution in [1.82, 2.24) is 0 Å². The van der Waals surface area contributed by atoms with Gasteiger partial charge in [-0.1, -0.05) is 197 Å². The largest absolute Gasteiger partial charge is 0.458 e. The fourth-order valence-corrected chi connectivity index (χ4v) is 21.9. The van der Waals surface area contributed by atoms with Crippen molar-refractivity contribution in [2.45, 2.75) is 350 Å². The molecule has 5 aliphatic carbocycles. The number of aliphatic hydroxyl groups excluding tert-OH is 3. The third-order valence-corrected chi connectivity index (χ3v) is 40.8. The first-order chi connectivity index (χ1) is 48.2. The van der Waals surface area contributed by atoms with Crippen molar-refractivity contribution in [2.24, 2.45) is 70.0 Å². The number of ether oxygens (including phenoxy) is 4. The maximum Gasteiger partial charge on any atom is 0.334 e. The lowest BCUT2D eigenvalue weighted by Gasteiger charge is -2.45. The van der Waals surface area contributed by atoms with Gasteiger partial charge in [0.1, 0.15) is 30.5 Å². The lowest BCUT2D eigenvalue weighted by Crippen LogP contribution is -2.53. The highest BCUT2D eigenvalue weighted by molar-refractivity contribution is 9.11. The van der Waals surface area contributed by atoms with Crippen LogP contribution in [0.1, 0.15) is 247 Å². The average molecular weight is 1590 g/mol. The number of allylic oxidation sites excluding steroid dienone is 4. The van der Waals surface area contributed by atoms with Gasteiger partial charge in [0.25, 0.3) is 0 Å². The number of fused-ring (bicyclic) bond motifs is 2. The van der Waals surface area contributed by atoms with Crippen molar-refractivity contribution >= 4 is 52.8 Å². The Morgan fingerprint density at radius 3 is 1.54 bits per heavy atom. The summed E-state index contributed by atoms with van der Waals surface area (Å²) in [6, 6.07) is 0. The number of cyclic esters (lactones) is 2. The van der Waals surface area contributed by atoms with Crippen molar-refractivity contribution in [3.63, 3.8) is 0 Å². The molecule has 604 valence electrons. The Balaban J connectivity index is 0.000000410. The van der Waals surface area contributed by atoms with Gasteiger partial charge in [-0.2, -0.15) is 0 Å². The molecule has 0 spiro atoms. The quantitative estimate of drug-likeness (QED) is 0.0163. The summed E-state index contributed by atoms with van der Waals surface area (Å²) >= 11 is 3.61. The maximum atomic E-state index is 12.4. The summed E-state index contributed by atoms with van der Waals surface area (Å²) < 4.78 is 44.0. The maximum absolute atomic E-state index is 12.4. The van der Waals surface area contributed by atoms with E-state index in [4.69, 9.17) is 43.8 Å². The number of rotatable bonds is 29. The normalized spacial score (nSPS) is 30.7. The van der Waals surface area contributed by atoms with E-state index in [2.05, 4.69) is 222 Å². The zero-order chi connectivity index (χ0) is 79.1. The fraction of sp³-hybridized carbons (Fsp3) is 0.795. The molecule has 2 saturated heterocycles. The van der Waals surface area contributed by atoms with Crippen LogP contribution in [0.3, 0.4) is 0 Å². The Bertz CT molecular complexity index is 2940. The molecule has 3 N–H and O–H groups in total. The van der Waals surface area contributed by atoms with Gasteiger partial charge in [-0.05, 0) is 231 Å². The molecule has 0 bridgehead atoms. The first-order valence-corrected chi connectivity index (χ1v) is 50.3. The second-order valence-corrected chi connectivity index (χ2v) is 52.8. The van der Waals surface area contributed by atoms with Crippen molar-refractivity contribution in [2.75, 3.05) is 26.4 Å². The molecular formula is C88H154BrFO12Si3. The summed E-state index contributed by atoms with van der Waals surface area (Å²) in [6.07, 6.45) is 27.0. The molecule has 105 heavy (non-hydrogen) atoms. The fourth-order valence-electron chi connectivity index (χ4n) is 17.6. The molecule has 0 aromatic rings. The third-order valence-electron chi connectivity index (χ3n) is 26.7. The minimum Gasteiger partial charge on any atom is -0.458 e. The molecule has 18 atom stereocenters. The number of terminal acetylenes is 1. The first kappa shape index (κ1) is 96.6. The van der Waals surface area contributed by atoms with Crippen molar-refractivity contribution in [1.29, 1.82) is 0 Å². The van der Waals surface area contributed by atoms with Crippen LogP contribution in [-0.2, 0) is 41.8 Å². The van der Waals surface area contributed by atoms with Crippen molar-refractivity contribution in [3.05, 3.63) is 83.0 Å². The molecular weight excluding hydrogens is 1430 g/mol. The number of aliphatic hydroxyl groups is 3. The van der Waals surface area contributed by atoms with E-state index in [-0.39, 0.29) is 86.1 Å². The number of carbonyl (C=O) groups is 2. The van der Waals surface area contributed by atoms with Gasteiger partial charge in [0.2, 0.25) is 0 Å². The van der Waals surface area contributed by atoms with Crippen LogP contribution in [0.15, 0.2) is 83.0 Å². The average Bonchev–Trinajstić information content (AvgIpc) is 1.61. The summed E-state index contributed by atoms with van der Waals surface area (Å²) in [5, 5.41) is 30.8. The summed E-state index contributed by atoms with van der Waals surface area (Å²) in [5.74, 6) is 7.45. The van der Waals surface area contributed by atoms with E-state index in [1.807, 2.05) is 19.9 Å². The second-order valence-electron chi connectivity index (χ2n) is 38.0. The number of hydrogen-bond acceptors (Lipinski definition) is 12. The molecule has 2 aliphatic heterocycles. The SMILES string of the molecule is C#CC[C@@H](O[Si](C)(C)C(C)(C)C)[C@H](OCCCO[Si](C)(C)C(C)(C)C)[C@@H](C=C)O[Si](C)(C)C(C)(C)C.C=C1/C(=C\C=C2/CCC[C@]3(C)[C@@H]([C@H](C)C[C@@H]4OC(=O)C(=C)[C@@H]4CC(C)C)CC[C@@H]23)C[C@@H](O)[C@H](OCCCO)[C@@H]1O.C=C1C(=O)O[C@@H](C[C@@H](C)[C@H]2CC[C@H]3/C(=C/Br)CCC[C@]23C)[C@H]1CC(C)C.CC.F. The molecule has 0 radical (unpaired) electrons. The first-order valence-electron chi connectivity index (χ1n) is 40.6. The molecule has 0 amide bonds. The molecule has 12 nitrogen and oxygen atoms in total. The van der Waals surface area contributed by atoms with Crippen LogP contribution in [0.25, 0.3) is 0 Å².